The van der Waals surface area contributed by atoms with Gasteiger partial charge in [-0.15, -0.1) is 0 Å². The lowest BCUT2D eigenvalue weighted by atomic mass is 10.1. The molecule has 0 spiro atoms. The number of hydrogen-bond acceptors (Lipinski definition) is 5. The molecule has 0 aliphatic rings. The molecule has 3 N–H and O–H groups in total. The van der Waals surface area contributed by atoms with Gasteiger partial charge in [0, 0.05) is 37.1 Å². The maximum absolute atomic E-state index is 11.7. The Morgan fingerprint density at radius 3 is 2.68 bits per heavy atom. The Hall–Kier alpha value is -0.300. The zero-order chi connectivity index (χ0) is 19.0. The number of thioether (sulfide) groups is 1. The summed E-state index contributed by atoms with van der Waals surface area (Å²) in [7, 11) is 0. The van der Waals surface area contributed by atoms with Crippen LogP contribution in [0.15, 0.2) is 0 Å². The van der Waals surface area contributed by atoms with E-state index in [-0.39, 0.29) is 11.5 Å². The van der Waals surface area contributed by atoms with Crippen LogP contribution in [-0.2, 0) is 14.3 Å². The predicted octanol–water partition coefficient (Wildman–Crippen LogP) is 3.36. The number of nitrogens with one attached hydrogen (secondary N) is 1. The fourth-order valence-corrected chi connectivity index (χ4v) is 3.05. The van der Waals surface area contributed by atoms with Crippen LogP contribution in [-0.4, -0.2) is 55.4 Å². The summed E-state index contributed by atoms with van der Waals surface area (Å²) in [4.78, 5) is 11.7. The molecule has 0 radical (unpaired) electrons. The minimum atomic E-state index is -0.325. The second-order valence-electron chi connectivity index (χ2n) is 7.08. The van der Waals surface area contributed by atoms with E-state index in [1.54, 1.807) is 0 Å². The second-order valence-corrected chi connectivity index (χ2v) is 8.63. The summed E-state index contributed by atoms with van der Waals surface area (Å²) in [5.41, 5.74) is 5.19. The van der Waals surface area contributed by atoms with Crippen molar-refractivity contribution in [1.29, 1.82) is 0 Å². The minimum Gasteiger partial charge on any atom is -0.378 e. The number of nitrogens with two attached hydrogens (primary N) is 1. The van der Waals surface area contributed by atoms with Crippen LogP contribution >= 0.6 is 11.8 Å². The van der Waals surface area contributed by atoms with E-state index in [2.05, 4.69) is 19.2 Å². The van der Waals surface area contributed by atoms with Crippen molar-refractivity contribution in [2.75, 3.05) is 38.7 Å². The molecule has 1 unspecified atom stereocenters. The maximum Gasteiger partial charge on any atom is 0.222 e. The van der Waals surface area contributed by atoms with Crippen LogP contribution in [0.4, 0.5) is 0 Å². The summed E-state index contributed by atoms with van der Waals surface area (Å²) >= 11 is 1.88. The Labute approximate surface area is 159 Å². The van der Waals surface area contributed by atoms with Gasteiger partial charge in [-0.05, 0) is 26.7 Å². The van der Waals surface area contributed by atoms with Crippen molar-refractivity contribution in [1.82, 2.24) is 5.32 Å². The van der Waals surface area contributed by atoms with Gasteiger partial charge in [-0.3, -0.25) is 4.79 Å². The molecule has 0 heterocycles. The first-order chi connectivity index (χ1) is 11.9. The molecule has 0 bridgehead atoms. The fourth-order valence-electron chi connectivity index (χ4n) is 2.25. The highest BCUT2D eigenvalue weighted by Crippen LogP contribution is 2.16. The molecule has 0 fully saturated rings. The van der Waals surface area contributed by atoms with Crippen molar-refractivity contribution < 1.29 is 14.3 Å². The van der Waals surface area contributed by atoms with Crippen LogP contribution in [0.2, 0.25) is 0 Å². The maximum atomic E-state index is 11.7. The summed E-state index contributed by atoms with van der Waals surface area (Å²) in [5, 5.41) is 3.50. The van der Waals surface area contributed by atoms with E-state index in [0.29, 0.717) is 31.5 Å². The Morgan fingerprint density at radius 2 is 2.00 bits per heavy atom. The van der Waals surface area contributed by atoms with E-state index in [0.717, 1.165) is 31.7 Å². The molecule has 0 rings (SSSR count). The number of unbranched alkanes of at least 4 members (excludes halogenated alkanes) is 3. The molecule has 5 nitrogen and oxygen atoms in total. The highest BCUT2D eigenvalue weighted by molar-refractivity contribution is 7.99. The van der Waals surface area contributed by atoms with Gasteiger partial charge in [0.2, 0.25) is 5.91 Å². The number of amides is 1. The lowest BCUT2D eigenvalue weighted by Gasteiger charge is -2.26. The Bertz CT molecular complexity index is 328. The van der Waals surface area contributed by atoms with E-state index in [4.69, 9.17) is 15.2 Å². The largest absolute Gasteiger partial charge is 0.378 e. The summed E-state index contributed by atoms with van der Waals surface area (Å²) < 4.78 is 11.5. The third-order valence-electron chi connectivity index (χ3n) is 3.81. The van der Waals surface area contributed by atoms with Gasteiger partial charge >= 0.3 is 0 Å². The molecule has 1 atom stereocenters. The normalized spacial score (nSPS) is 13.0. The summed E-state index contributed by atoms with van der Waals surface area (Å²) in [6.45, 7) is 11.6. The molecule has 0 aliphatic heterocycles. The molecule has 25 heavy (non-hydrogen) atoms. The smallest absolute Gasteiger partial charge is 0.222 e. The second kappa shape index (κ2) is 15.9. The number of ether oxygens (including phenoxy) is 2. The van der Waals surface area contributed by atoms with Crippen molar-refractivity contribution in [3.8, 4) is 0 Å². The Morgan fingerprint density at radius 1 is 1.24 bits per heavy atom. The van der Waals surface area contributed by atoms with Crippen LogP contribution in [0.1, 0.15) is 66.2 Å². The average molecular weight is 377 g/mol. The van der Waals surface area contributed by atoms with E-state index < -0.39 is 0 Å². The minimum absolute atomic E-state index is 0.0703. The Balaban J connectivity index is 3.62. The van der Waals surface area contributed by atoms with Crippen LogP contribution in [0.5, 0.6) is 0 Å². The van der Waals surface area contributed by atoms with Gasteiger partial charge in [-0.2, -0.15) is 11.8 Å². The van der Waals surface area contributed by atoms with Gasteiger partial charge < -0.3 is 20.5 Å². The number of hydrogen-bond donors (Lipinski definition) is 2. The van der Waals surface area contributed by atoms with Crippen molar-refractivity contribution in [3.63, 3.8) is 0 Å². The van der Waals surface area contributed by atoms with Gasteiger partial charge in [-0.1, -0.05) is 33.1 Å². The van der Waals surface area contributed by atoms with E-state index in [1.165, 1.54) is 19.3 Å². The monoisotopic (exact) mass is 376 g/mol. The van der Waals surface area contributed by atoms with Gasteiger partial charge in [0.05, 0.1) is 18.8 Å². The van der Waals surface area contributed by atoms with Gasteiger partial charge in [-0.25, -0.2) is 0 Å². The highest BCUT2D eigenvalue weighted by Gasteiger charge is 2.19. The number of rotatable bonds is 17. The van der Waals surface area contributed by atoms with Gasteiger partial charge in [0.1, 0.15) is 0 Å². The number of carbonyl (C=O) groups is 1. The summed E-state index contributed by atoms with van der Waals surface area (Å²) in [5.74, 6) is 1.06. The zero-order valence-electron chi connectivity index (χ0n) is 16.8. The average Bonchev–Trinajstić information content (AvgIpc) is 2.56. The summed E-state index contributed by atoms with van der Waals surface area (Å²) in [6, 6.07) is 0. The Kier molecular flexibility index (Phi) is 15.7. The van der Waals surface area contributed by atoms with Crippen LogP contribution in [0, 0.1) is 0 Å². The molecule has 0 aromatic rings. The first kappa shape index (κ1) is 24.7. The highest BCUT2D eigenvalue weighted by atomic mass is 32.2. The first-order valence-corrected chi connectivity index (χ1v) is 10.8. The van der Waals surface area contributed by atoms with Crippen molar-refractivity contribution in [3.05, 3.63) is 0 Å². The standard InChI is InChI=1S/C19H40N2O3S/c1-5-6-7-8-12-21-18(22)10-13-23-16-19(3,4)24-14-9-17(2)25-15-11-20/h17H,5-16,20H2,1-4H3,(H,21,22). The molecule has 0 aliphatic carbocycles. The quantitative estimate of drug-likeness (QED) is 0.381. The number of carbonyl (C=O) groups excluding carboxylic acids is 1. The zero-order valence-corrected chi connectivity index (χ0v) is 17.6. The topological polar surface area (TPSA) is 73.6 Å². The van der Waals surface area contributed by atoms with E-state index in [1.807, 2.05) is 25.6 Å². The molecule has 0 saturated heterocycles. The lowest BCUT2D eigenvalue weighted by molar-refractivity contribution is -0.123. The van der Waals surface area contributed by atoms with Crippen LogP contribution < -0.4 is 11.1 Å². The third-order valence-corrected chi connectivity index (χ3v) is 5.09. The predicted molar refractivity (Wildman–Crippen MR) is 108 cm³/mol. The lowest BCUT2D eigenvalue weighted by Crippen LogP contribution is -2.32. The van der Waals surface area contributed by atoms with Crippen LogP contribution in [0.3, 0.4) is 0 Å². The van der Waals surface area contributed by atoms with Crippen molar-refractivity contribution >= 4 is 17.7 Å². The van der Waals surface area contributed by atoms with E-state index in [9.17, 15) is 4.79 Å². The van der Waals surface area contributed by atoms with Crippen molar-refractivity contribution in [2.45, 2.75) is 77.1 Å². The molecule has 6 heteroatoms. The van der Waals surface area contributed by atoms with Gasteiger partial charge in [0.15, 0.2) is 0 Å². The molecular formula is C19H40N2O3S. The fraction of sp³-hybridized carbons (Fsp3) is 0.947. The van der Waals surface area contributed by atoms with Crippen LogP contribution in [0.25, 0.3) is 0 Å². The molecule has 0 aromatic carbocycles. The molecule has 150 valence electrons. The molecule has 0 aromatic heterocycles. The summed E-state index contributed by atoms with van der Waals surface area (Å²) in [6.07, 6.45) is 6.11. The molecular weight excluding hydrogens is 336 g/mol. The first-order valence-electron chi connectivity index (χ1n) is 9.71. The molecule has 1 amide bonds. The van der Waals surface area contributed by atoms with Gasteiger partial charge in [0.25, 0.3) is 0 Å². The van der Waals surface area contributed by atoms with E-state index >= 15 is 0 Å². The molecule has 0 saturated carbocycles. The SMILES string of the molecule is CCCCCCNC(=O)CCOCC(C)(C)OCCC(C)SCCN. The van der Waals surface area contributed by atoms with Crippen molar-refractivity contribution in [2.24, 2.45) is 5.73 Å². The third kappa shape index (κ3) is 16.9.